The molecule has 0 radical (unpaired) electrons. The van der Waals surface area contributed by atoms with Crippen LogP contribution in [0.5, 0.6) is 0 Å². The Labute approximate surface area is 364 Å². The summed E-state index contributed by atoms with van der Waals surface area (Å²) in [5.41, 5.74) is 0. The zero-order valence-electron chi connectivity index (χ0n) is 33.7. The second kappa shape index (κ2) is 18.7. The second-order valence-corrected chi connectivity index (χ2v) is 26.8. The molecule has 0 bridgehead atoms. The van der Waals surface area contributed by atoms with Crippen LogP contribution in [0.2, 0.25) is 0 Å². The fraction of sp³-hybridized carbons (Fsp3) is 0. The third-order valence-corrected chi connectivity index (χ3v) is 26.6. The second-order valence-electron chi connectivity index (χ2n) is 14.8. The highest BCUT2D eigenvalue weighted by molar-refractivity contribution is 7.51. The quantitative estimate of drug-likeness (QED) is 0.0618. The van der Waals surface area contributed by atoms with E-state index in [1.54, 1.807) is 0 Å². The lowest BCUT2D eigenvalue weighted by atomic mass is 10.3. The summed E-state index contributed by atoms with van der Waals surface area (Å²) in [5, 5.41) is 9.92. The molecular formula is C54H45O3PSi3. The molecule has 0 saturated carbocycles. The van der Waals surface area contributed by atoms with Gasteiger partial charge >= 0.3 is 8.60 Å². The Balaban J connectivity index is 1.39. The van der Waals surface area contributed by atoms with Gasteiger partial charge in [-0.15, -0.1) is 0 Å². The smallest absolute Gasteiger partial charge is 0.302 e. The van der Waals surface area contributed by atoms with Gasteiger partial charge in [0, 0.05) is 0 Å². The number of benzene rings is 9. The third kappa shape index (κ3) is 7.99. The van der Waals surface area contributed by atoms with Gasteiger partial charge in [0.1, 0.15) is 0 Å². The number of rotatable bonds is 15. The molecule has 0 unspecified atom stereocenters. The van der Waals surface area contributed by atoms with Gasteiger partial charge < -0.3 is 12.6 Å². The lowest BCUT2D eigenvalue weighted by Crippen LogP contribution is -2.72. The highest BCUT2D eigenvalue weighted by atomic mass is 31.2. The number of hydrogen-bond acceptors (Lipinski definition) is 3. The molecule has 0 N–H and O–H groups in total. The van der Waals surface area contributed by atoms with E-state index in [4.69, 9.17) is 12.6 Å². The molecule has 61 heavy (non-hydrogen) atoms. The van der Waals surface area contributed by atoms with E-state index in [1.807, 2.05) is 0 Å². The molecule has 0 amide bonds. The molecule has 3 nitrogen and oxygen atoms in total. The number of hydrogen-bond donors (Lipinski definition) is 0. The first-order chi connectivity index (χ1) is 30.2. The Morgan fingerprint density at radius 2 is 0.295 bits per heavy atom. The minimum Gasteiger partial charge on any atom is -0.341 e. The van der Waals surface area contributed by atoms with E-state index < -0.39 is 33.6 Å². The summed E-state index contributed by atoms with van der Waals surface area (Å²) in [6.07, 6.45) is 0. The van der Waals surface area contributed by atoms with E-state index in [1.165, 1.54) is 0 Å². The molecule has 9 aromatic carbocycles. The van der Waals surface area contributed by atoms with Crippen molar-refractivity contribution in [3.8, 4) is 0 Å². The van der Waals surface area contributed by atoms with Crippen LogP contribution in [-0.2, 0) is 12.6 Å². The van der Waals surface area contributed by atoms with Crippen molar-refractivity contribution in [2.45, 2.75) is 0 Å². The largest absolute Gasteiger partial charge is 0.341 e. The van der Waals surface area contributed by atoms with Crippen molar-refractivity contribution >= 4 is 80.2 Å². The van der Waals surface area contributed by atoms with Crippen LogP contribution in [0.3, 0.4) is 0 Å². The molecule has 0 aliphatic carbocycles. The summed E-state index contributed by atoms with van der Waals surface area (Å²) in [4.78, 5) is 0. The van der Waals surface area contributed by atoms with Crippen LogP contribution in [0.4, 0.5) is 0 Å². The van der Waals surface area contributed by atoms with Crippen LogP contribution in [0.25, 0.3) is 0 Å². The van der Waals surface area contributed by atoms with E-state index in [0.29, 0.717) is 0 Å². The zero-order chi connectivity index (χ0) is 41.2. The van der Waals surface area contributed by atoms with E-state index in [2.05, 4.69) is 273 Å². The molecule has 0 atom stereocenters. The molecule has 9 aromatic rings. The molecule has 0 aliphatic rings. The summed E-state index contributed by atoms with van der Waals surface area (Å²) >= 11 is 0. The summed E-state index contributed by atoms with van der Waals surface area (Å²) in [5.74, 6) is 0. The lowest BCUT2D eigenvalue weighted by molar-refractivity contribution is 0.400. The normalized spacial score (nSPS) is 12.0. The Hall–Kier alpha value is -6.06. The van der Waals surface area contributed by atoms with Crippen LogP contribution in [0.15, 0.2) is 273 Å². The SMILES string of the molecule is c1ccc([Si](OP(O[Si](c2ccccc2)(c2ccccc2)c2ccccc2)O[Si](c2ccccc2)(c2ccccc2)c2ccccc2)(c2ccccc2)c2ccccc2)cc1. The van der Waals surface area contributed by atoms with Crippen molar-refractivity contribution in [2.75, 3.05) is 0 Å². The van der Waals surface area contributed by atoms with Crippen molar-refractivity contribution in [1.82, 2.24) is 0 Å². The summed E-state index contributed by atoms with van der Waals surface area (Å²) in [6.45, 7) is 0. The van der Waals surface area contributed by atoms with E-state index >= 15 is 0 Å². The van der Waals surface area contributed by atoms with Crippen LogP contribution in [0, 0.1) is 0 Å². The predicted octanol–water partition coefficient (Wildman–Crippen LogP) is 7.26. The molecule has 0 aliphatic heterocycles. The van der Waals surface area contributed by atoms with Crippen LogP contribution >= 0.6 is 8.60 Å². The van der Waals surface area contributed by atoms with E-state index in [9.17, 15) is 0 Å². The van der Waals surface area contributed by atoms with Crippen molar-refractivity contribution in [3.05, 3.63) is 273 Å². The maximum absolute atomic E-state index is 8.27. The van der Waals surface area contributed by atoms with Crippen LogP contribution < -0.4 is 46.7 Å². The fourth-order valence-electron chi connectivity index (χ4n) is 8.42. The molecule has 0 saturated heterocycles. The van der Waals surface area contributed by atoms with Gasteiger partial charge in [0.25, 0.3) is 25.0 Å². The minimum atomic E-state index is -3.47. The van der Waals surface area contributed by atoms with Crippen molar-refractivity contribution in [2.24, 2.45) is 0 Å². The Morgan fingerprint density at radius 1 is 0.180 bits per heavy atom. The fourth-order valence-corrected chi connectivity index (χ4v) is 25.3. The van der Waals surface area contributed by atoms with Gasteiger partial charge in [-0.05, 0) is 46.7 Å². The third-order valence-electron chi connectivity index (χ3n) is 11.3. The standard InChI is InChI=1S/C54H45O3PSi3/c1-10-28-46(29-11-1)59(47-30-12-2-13-31-47,48-32-14-3-15-33-48)55-58(56-60(49-34-16-4-17-35-49,50-36-18-5-19-37-50)51-38-20-6-21-39-51)57-61(52-40-22-7-23-41-52,53-42-24-8-25-43-53)54-44-26-9-27-45-54/h1-45H. The van der Waals surface area contributed by atoms with Gasteiger partial charge in [0.15, 0.2) is 0 Å². The lowest BCUT2D eigenvalue weighted by Gasteiger charge is -2.43. The molecule has 296 valence electrons. The zero-order valence-corrected chi connectivity index (χ0v) is 37.5. The van der Waals surface area contributed by atoms with Gasteiger partial charge in [0.2, 0.25) is 0 Å². The van der Waals surface area contributed by atoms with Gasteiger partial charge in [-0.1, -0.05) is 273 Å². The van der Waals surface area contributed by atoms with Gasteiger partial charge in [-0.25, -0.2) is 0 Å². The van der Waals surface area contributed by atoms with Gasteiger partial charge in [-0.2, -0.15) is 0 Å². The molecule has 0 heterocycles. The first-order valence-corrected chi connectivity index (χ1v) is 27.4. The predicted molar refractivity (Wildman–Crippen MR) is 262 cm³/mol. The van der Waals surface area contributed by atoms with Crippen LogP contribution in [-0.4, -0.2) is 25.0 Å². The molecule has 7 heteroatoms. The molecule has 0 fully saturated rings. The Bertz CT molecular complexity index is 2110. The highest BCUT2D eigenvalue weighted by Gasteiger charge is 2.54. The average molecular weight is 857 g/mol. The molecule has 0 spiro atoms. The minimum absolute atomic E-state index is 1.10. The summed E-state index contributed by atoms with van der Waals surface area (Å²) in [6, 6.07) is 96.6. The Morgan fingerprint density at radius 3 is 0.410 bits per heavy atom. The van der Waals surface area contributed by atoms with Crippen molar-refractivity contribution in [1.29, 1.82) is 0 Å². The topological polar surface area (TPSA) is 27.7 Å². The van der Waals surface area contributed by atoms with Gasteiger partial charge in [-0.3, -0.25) is 0 Å². The molecule has 9 rings (SSSR count). The van der Waals surface area contributed by atoms with Gasteiger partial charge in [0.05, 0.1) is 0 Å². The first kappa shape index (κ1) is 40.4. The average Bonchev–Trinajstić information content (AvgIpc) is 3.36. The van der Waals surface area contributed by atoms with E-state index in [-0.39, 0.29) is 0 Å². The monoisotopic (exact) mass is 856 g/mol. The van der Waals surface area contributed by atoms with Crippen molar-refractivity contribution < 1.29 is 12.6 Å². The first-order valence-electron chi connectivity index (χ1n) is 20.6. The van der Waals surface area contributed by atoms with Crippen LogP contribution in [0.1, 0.15) is 0 Å². The van der Waals surface area contributed by atoms with Crippen molar-refractivity contribution in [3.63, 3.8) is 0 Å². The molecule has 0 aromatic heterocycles. The Kier molecular flexibility index (Phi) is 12.4. The summed E-state index contributed by atoms with van der Waals surface area (Å²) in [7, 11) is -12.7. The van der Waals surface area contributed by atoms with E-state index in [0.717, 1.165) is 46.7 Å². The maximum atomic E-state index is 8.27. The summed E-state index contributed by atoms with van der Waals surface area (Å²) < 4.78 is 24.8. The maximum Gasteiger partial charge on any atom is 0.302 e. The molecular weight excluding hydrogens is 812 g/mol. The highest BCUT2D eigenvalue weighted by Crippen LogP contribution is 2.48.